The van der Waals surface area contributed by atoms with Gasteiger partial charge < -0.3 is 5.32 Å². The molecule has 0 aromatic heterocycles. The smallest absolute Gasteiger partial charge is 0.251 e. The topological polar surface area (TPSA) is 52.9 Å². The normalized spacial score (nSPS) is 11.4. The van der Waals surface area contributed by atoms with Crippen molar-refractivity contribution >= 4 is 5.91 Å². The van der Waals surface area contributed by atoms with Crippen molar-refractivity contribution in [1.82, 2.24) is 5.32 Å². The Morgan fingerprint density at radius 2 is 1.89 bits per heavy atom. The average Bonchev–Trinajstić information content (AvgIpc) is 2.48. The van der Waals surface area contributed by atoms with Crippen LogP contribution in [0, 0.1) is 11.3 Å². The Morgan fingerprint density at radius 1 is 1.16 bits per heavy atom. The minimum Gasteiger partial charge on any atom is -0.346 e. The molecular formula is C16H14N2O. The summed E-state index contributed by atoms with van der Waals surface area (Å²) in [6.45, 7) is 1.90. The van der Waals surface area contributed by atoms with Crippen LogP contribution in [-0.2, 0) is 0 Å². The van der Waals surface area contributed by atoms with Gasteiger partial charge in [0.05, 0.1) is 17.7 Å². The molecule has 3 heteroatoms. The first-order valence-corrected chi connectivity index (χ1v) is 6.06. The minimum absolute atomic E-state index is 0.115. The molecule has 19 heavy (non-hydrogen) atoms. The van der Waals surface area contributed by atoms with Crippen LogP contribution in [0.4, 0.5) is 0 Å². The highest BCUT2D eigenvalue weighted by molar-refractivity contribution is 5.94. The van der Waals surface area contributed by atoms with E-state index in [1.807, 2.05) is 37.3 Å². The van der Waals surface area contributed by atoms with Crippen LogP contribution in [0.1, 0.15) is 34.5 Å². The number of nitriles is 1. The van der Waals surface area contributed by atoms with Gasteiger partial charge in [0.25, 0.3) is 5.91 Å². The lowest BCUT2D eigenvalue weighted by Gasteiger charge is -2.14. The van der Waals surface area contributed by atoms with Gasteiger partial charge in [-0.1, -0.05) is 30.3 Å². The predicted molar refractivity (Wildman–Crippen MR) is 73.5 cm³/mol. The Bertz CT molecular complexity index is 614. The van der Waals surface area contributed by atoms with E-state index >= 15 is 0 Å². The van der Waals surface area contributed by atoms with Gasteiger partial charge in [-0.05, 0) is 36.8 Å². The SMILES string of the molecule is C[C@@H](NC(=O)c1ccccc1)c1cccc(C#N)c1. The van der Waals surface area contributed by atoms with Crippen molar-refractivity contribution in [2.24, 2.45) is 0 Å². The Morgan fingerprint density at radius 3 is 2.58 bits per heavy atom. The molecule has 1 amide bonds. The summed E-state index contributed by atoms with van der Waals surface area (Å²) in [4.78, 5) is 12.0. The molecule has 2 rings (SSSR count). The molecule has 0 saturated carbocycles. The van der Waals surface area contributed by atoms with Gasteiger partial charge >= 0.3 is 0 Å². The molecule has 0 bridgehead atoms. The van der Waals surface area contributed by atoms with E-state index in [2.05, 4.69) is 11.4 Å². The molecule has 0 radical (unpaired) electrons. The first-order chi connectivity index (χ1) is 9.20. The first kappa shape index (κ1) is 12.8. The first-order valence-electron chi connectivity index (χ1n) is 6.06. The van der Waals surface area contributed by atoms with Crippen LogP contribution in [0.3, 0.4) is 0 Å². The molecule has 2 aromatic rings. The van der Waals surface area contributed by atoms with Crippen molar-refractivity contribution in [3.8, 4) is 6.07 Å². The quantitative estimate of drug-likeness (QED) is 0.910. The Labute approximate surface area is 112 Å². The van der Waals surface area contributed by atoms with Crippen LogP contribution < -0.4 is 5.32 Å². The van der Waals surface area contributed by atoms with Gasteiger partial charge in [0, 0.05) is 5.56 Å². The van der Waals surface area contributed by atoms with Gasteiger partial charge in [-0.2, -0.15) is 5.26 Å². The molecule has 0 spiro atoms. The van der Waals surface area contributed by atoms with Crippen LogP contribution in [0.15, 0.2) is 54.6 Å². The van der Waals surface area contributed by atoms with Crippen molar-refractivity contribution in [1.29, 1.82) is 5.26 Å². The number of nitrogens with one attached hydrogen (secondary N) is 1. The minimum atomic E-state index is -0.138. The van der Waals surface area contributed by atoms with Gasteiger partial charge in [0.2, 0.25) is 0 Å². The monoisotopic (exact) mass is 250 g/mol. The molecule has 0 aliphatic rings. The van der Waals surface area contributed by atoms with Crippen LogP contribution in [0.5, 0.6) is 0 Å². The largest absolute Gasteiger partial charge is 0.346 e. The highest BCUT2D eigenvalue weighted by Gasteiger charge is 2.11. The Balaban J connectivity index is 2.11. The van der Waals surface area contributed by atoms with E-state index in [1.54, 1.807) is 24.3 Å². The molecule has 0 fully saturated rings. The second-order valence-corrected chi connectivity index (χ2v) is 4.30. The molecule has 0 aliphatic carbocycles. The molecule has 2 aromatic carbocycles. The summed E-state index contributed by atoms with van der Waals surface area (Å²) in [5.74, 6) is -0.115. The second kappa shape index (κ2) is 5.83. The number of nitrogens with zero attached hydrogens (tertiary/aromatic N) is 1. The molecule has 1 atom stereocenters. The summed E-state index contributed by atoms with van der Waals surface area (Å²) in [6.07, 6.45) is 0. The molecule has 1 N–H and O–H groups in total. The standard InChI is InChI=1S/C16H14N2O/c1-12(15-9-5-6-13(10-15)11-17)18-16(19)14-7-3-2-4-8-14/h2-10,12H,1H3,(H,18,19)/t12-/m1/s1. The molecule has 3 nitrogen and oxygen atoms in total. The van der Waals surface area contributed by atoms with E-state index in [1.165, 1.54) is 0 Å². The number of carbonyl (C=O) groups excluding carboxylic acids is 1. The third-order valence-electron chi connectivity index (χ3n) is 2.90. The zero-order chi connectivity index (χ0) is 13.7. The zero-order valence-electron chi connectivity index (χ0n) is 10.6. The van der Waals surface area contributed by atoms with Gasteiger partial charge in [-0.25, -0.2) is 0 Å². The number of rotatable bonds is 3. The number of amides is 1. The lowest BCUT2D eigenvalue weighted by molar-refractivity contribution is 0.0940. The Kier molecular flexibility index (Phi) is 3.94. The maximum Gasteiger partial charge on any atom is 0.251 e. The van der Waals surface area contributed by atoms with Crippen LogP contribution in [0.2, 0.25) is 0 Å². The van der Waals surface area contributed by atoms with Crippen molar-refractivity contribution in [2.75, 3.05) is 0 Å². The van der Waals surface area contributed by atoms with Crippen LogP contribution in [0.25, 0.3) is 0 Å². The molecule has 0 aliphatic heterocycles. The fourth-order valence-corrected chi connectivity index (χ4v) is 1.83. The number of benzene rings is 2. The van der Waals surface area contributed by atoms with Crippen molar-refractivity contribution in [3.63, 3.8) is 0 Å². The number of hydrogen-bond acceptors (Lipinski definition) is 2. The van der Waals surface area contributed by atoms with Crippen LogP contribution >= 0.6 is 0 Å². The number of carbonyl (C=O) groups is 1. The highest BCUT2D eigenvalue weighted by Crippen LogP contribution is 2.14. The maximum atomic E-state index is 12.0. The molecule has 0 unspecified atom stereocenters. The summed E-state index contributed by atoms with van der Waals surface area (Å²) in [7, 11) is 0. The maximum absolute atomic E-state index is 12.0. The van der Waals surface area contributed by atoms with Crippen LogP contribution in [-0.4, -0.2) is 5.91 Å². The van der Waals surface area contributed by atoms with E-state index in [4.69, 9.17) is 5.26 Å². The summed E-state index contributed by atoms with van der Waals surface area (Å²) in [5.41, 5.74) is 2.15. The van der Waals surface area contributed by atoms with E-state index in [0.29, 0.717) is 11.1 Å². The lowest BCUT2D eigenvalue weighted by atomic mass is 10.1. The fraction of sp³-hybridized carbons (Fsp3) is 0.125. The van der Waals surface area contributed by atoms with Crippen molar-refractivity contribution < 1.29 is 4.79 Å². The Hall–Kier alpha value is -2.60. The lowest BCUT2D eigenvalue weighted by Crippen LogP contribution is -2.26. The summed E-state index contributed by atoms with van der Waals surface area (Å²) in [6, 6.07) is 18.3. The van der Waals surface area contributed by atoms with Gasteiger partial charge in [0.15, 0.2) is 0 Å². The summed E-state index contributed by atoms with van der Waals surface area (Å²) in [5, 5.41) is 11.8. The van der Waals surface area contributed by atoms with E-state index < -0.39 is 0 Å². The summed E-state index contributed by atoms with van der Waals surface area (Å²) >= 11 is 0. The molecule has 94 valence electrons. The van der Waals surface area contributed by atoms with Gasteiger partial charge in [-0.15, -0.1) is 0 Å². The number of hydrogen-bond donors (Lipinski definition) is 1. The highest BCUT2D eigenvalue weighted by atomic mass is 16.1. The molecule has 0 heterocycles. The fourth-order valence-electron chi connectivity index (χ4n) is 1.83. The van der Waals surface area contributed by atoms with Gasteiger partial charge in [0.1, 0.15) is 0 Å². The predicted octanol–water partition coefficient (Wildman–Crippen LogP) is 3.05. The van der Waals surface area contributed by atoms with E-state index in [0.717, 1.165) is 5.56 Å². The van der Waals surface area contributed by atoms with Crippen molar-refractivity contribution in [3.05, 3.63) is 71.3 Å². The van der Waals surface area contributed by atoms with Crippen molar-refractivity contribution in [2.45, 2.75) is 13.0 Å². The second-order valence-electron chi connectivity index (χ2n) is 4.30. The third-order valence-corrected chi connectivity index (χ3v) is 2.90. The zero-order valence-corrected chi connectivity index (χ0v) is 10.6. The summed E-state index contributed by atoms with van der Waals surface area (Å²) < 4.78 is 0. The molecular weight excluding hydrogens is 236 g/mol. The van der Waals surface area contributed by atoms with Gasteiger partial charge in [-0.3, -0.25) is 4.79 Å². The van der Waals surface area contributed by atoms with E-state index in [9.17, 15) is 4.79 Å². The molecule has 0 saturated heterocycles. The third kappa shape index (κ3) is 3.20. The van der Waals surface area contributed by atoms with E-state index in [-0.39, 0.29) is 11.9 Å². The average molecular weight is 250 g/mol.